The van der Waals surface area contributed by atoms with Crippen molar-refractivity contribution in [1.82, 2.24) is 15.0 Å². The zero-order valence-corrected chi connectivity index (χ0v) is 12.0. The van der Waals surface area contributed by atoms with Gasteiger partial charge in [0.25, 0.3) is 0 Å². The Kier molecular flexibility index (Phi) is 3.61. The molecule has 1 N–H and O–H groups in total. The second-order valence-corrected chi connectivity index (χ2v) is 4.41. The first-order valence-electron chi connectivity index (χ1n) is 6.44. The van der Waals surface area contributed by atoms with E-state index in [-0.39, 0.29) is 0 Å². The van der Waals surface area contributed by atoms with Gasteiger partial charge in [0.05, 0.1) is 25.3 Å². The number of esters is 1. The molecule has 0 unspecified atom stereocenters. The van der Waals surface area contributed by atoms with Crippen molar-refractivity contribution in [1.29, 1.82) is 0 Å². The van der Waals surface area contributed by atoms with Gasteiger partial charge in [-0.05, 0) is 18.2 Å². The number of hydrogen-bond donors (Lipinski definition) is 1. The quantitative estimate of drug-likeness (QED) is 0.745. The van der Waals surface area contributed by atoms with E-state index in [1.165, 1.54) is 20.5 Å². The molecule has 0 saturated carbocycles. The number of nitrogens with one attached hydrogen (secondary N) is 1. The van der Waals surface area contributed by atoms with Crippen molar-refractivity contribution in [2.24, 2.45) is 0 Å². The summed E-state index contributed by atoms with van der Waals surface area (Å²) in [6.45, 7) is 0. The second kappa shape index (κ2) is 5.72. The van der Waals surface area contributed by atoms with Crippen LogP contribution in [0.2, 0.25) is 0 Å². The van der Waals surface area contributed by atoms with Crippen LogP contribution in [0.5, 0.6) is 17.4 Å². The summed E-state index contributed by atoms with van der Waals surface area (Å²) in [5.41, 5.74) is 1.74. The molecule has 0 radical (unpaired) electrons. The summed E-state index contributed by atoms with van der Waals surface area (Å²) in [6.07, 6.45) is 3.16. The Balaban J connectivity index is 2.01. The Hall–Kier alpha value is -3.09. The summed E-state index contributed by atoms with van der Waals surface area (Å²) in [5, 5.41) is 0. The minimum atomic E-state index is -0.476. The van der Waals surface area contributed by atoms with Gasteiger partial charge in [0.15, 0.2) is 0 Å². The van der Waals surface area contributed by atoms with Crippen molar-refractivity contribution >= 4 is 17.0 Å². The monoisotopic (exact) mass is 299 g/mol. The van der Waals surface area contributed by atoms with Gasteiger partial charge in [-0.1, -0.05) is 0 Å². The van der Waals surface area contributed by atoms with Crippen molar-refractivity contribution in [2.75, 3.05) is 14.2 Å². The molecule has 112 valence electrons. The summed E-state index contributed by atoms with van der Waals surface area (Å²) < 4.78 is 15.6. The van der Waals surface area contributed by atoms with Gasteiger partial charge in [-0.25, -0.2) is 9.78 Å². The number of hydrogen-bond acceptors (Lipinski definition) is 6. The summed E-state index contributed by atoms with van der Waals surface area (Å²) in [4.78, 5) is 22.9. The largest absolute Gasteiger partial charge is 0.497 e. The van der Waals surface area contributed by atoms with Crippen LogP contribution in [-0.4, -0.2) is 35.1 Å². The molecular formula is C15H13N3O4. The SMILES string of the molecule is COC(=O)c1cc(OC)cc(Oc2ncnc3cc[nH]c23)c1. The van der Waals surface area contributed by atoms with Gasteiger partial charge < -0.3 is 19.2 Å². The molecule has 2 aromatic heterocycles. The highest BCUT2D eigenvalue weighted by Gasteiger charge is 2.13. The van der Waals surface area contributed by atoms with Crippen LogP contribution in [-0.2, 0) is 4.74 Å². The van der Waals surface area contributed by atoms with E-state index >= 15 is 0 Å². The van der Waals surface area contributed by atoms with Crippen molar-refractivity contribution in [3.63, 3.8) is 0 Å². The summed E-state index contributed by atoms with van der Waals surface area (Å²) in [6, 6.07) is 6.60. The zero-order valence-electron chi connectivity index (χ0n) is 12.0. The van der Waals surface area contributed by atoms with E-state index in [2.05, 4.69) is 15.0 Å². The molecule has 0 aliphatic rings. The number of aromatic amines is 1. The van der Waals surface area contributed by atoms with Crippen molar-refractivity contribution in [3.05, 3.63) is 42.4 Å². The number of rotatable bonds is 4. The van der Waals surface area contributed by atoms with E-state index < -0.39 is 5.97 Å². The molecule has 0 saturated heterocycles. The summed E-state index contributed by atoms with van der Waals surface area (Å²) >= 11 is 0. The molecule has 7 nitrogen and oxygen atoms in total. The average Bonchev–Trinajstić information content (AvgIpc) is 3.03. The van der Waals surface area contributed by atoms with Gasteiger partial charge >= 0.3 is 5.97 Å². The highest BCUT2D eigenvalue weighted by Crippen LogP contribution is 2.29. The molecule has 7 heteroatoms. The number of aromatic nitrogens is 3. The van der Waals surface area contributed by atoms with Crippen LogP contribution < -0.4 is 9.47 Å². The van der Waals surface area contributed by atoms with Gasteiger partial charge in [-0.3, -0.25) is 0 Å². The number of H-pyrrole nitrogens is 1. The number of carbonyl (C=O) groups excluding carboxylic acids is 1. The number of benzene rings is 1. The van der Waals surface area contributed by atoms with Gasteiger partial charge in [-0.2, -0.15) is 4.98 Å². The molecule has 3 aromatic rings. The standard InChI is InChI=1S/C15H13N3O4/c1-20-10-5-9(15(19)21-2)6-11(7-10)22-14-13-12(3-4-16-13)17-8-18-14/h3-8,16H,1-2H3. The van der Waals surface area contributed by atoms with E-state index in [9.17, 15) is 4.79 Å². The maximum Gasteiger partial charge on any atom is 0.338 e. The van der Waals surface area contributed by atoms with Gasteiger partial charge in [0.1, 0.15) is 23.3 Å². The molecule has 0 spiro atoms. The van der Waals surface area contributed by atoms with Crippen molar-refractivity contribution < 1.29 is 19.0 Å². The first-order valence-corrected chi connectivity index (χ1v) is 6.44. The molecule has 0 amide bonds. The Bertz CT molecular complexity index is 829. The fourth-order valence-corrected chi connectivity index (χ4v) is 2.02. The molecule has 1 aromatic carbocycles. The third-order valence-electron chi connectivity index (χ3n) is 3.06. The van der Waals surface area contributed by atoms with E-state index in [0.29, 0.717) is 28.5 Å². The minimum absolute atomic E-state index is 0.327. The third kappa shape index (κ3) is 2.56. The van der Waals surface area contributed by atoms with E-state index in [1.807, 2.05) is 6.07 Å². The molecule has 22 heavy (non-hydrogen) atoms. The highest BCUT2D eigenvalue weighted by molar-refractivity contribution is 5.90. The molecule has 3 rings (SSSR count). The maximum absolute atomic E-state index is 11.7. The predicted molar refractivity (Wildman–Crippen MR) is 78.3 cm³/mol. The average molecular weight is 299 g/mol. The normalized spacial score (nSPS) is 10.5. The fraction of sp³-hybridized carbons (Fsp3) is 0.133. The van der Waals surface area contributed by atoms with Crippen LogP contribution in [0, 0.1) is 0 Å². The number of nitrogens with zero attached hydrogens (tertiary/aromatic N) is 2. The lowest BCUT2D eigenvalue weighted by molar-refractivity contribution is 0.0600. The van der Waals surface area contributed by atoms with E-state index in [1.54, 1.807) is 24.4 Å². The minimum Gasteiger partial charge on any atom is -0.497 e. The maximum atomic E-state index is 11.7. The van der Waals surface area contributed by atoms with Crippen molar-refractivity contribution in [2.45, 2.75) is 0 Å². The lowest BCUT2D eigenvalue weighted by Crippen LogP contribution is -2.02. The molecule has 0 bridgehead atoms. The van der Waals surface area contributed by atoms with Crippen LogP contribution >= 0.6 is 0 Å². The van der Waals surface area contributed by atoms with Crippen LogP contribution in [0.15, 0.2) is 36.8 Å². The fourth-order valence-electron chi connectivity index (χ4n) is 2.02. The number of ether oxygens (including phenoxy) is 3. The first kappa shape index (κ1) is 13.9. The number of methoxy groups -OCH3 is 2. The topological polar surface area (TPSA) is 86.3 Å². The van der Waals surface area contributed by atoms with Gasteiger partial charge in [0, 0.05) is 12.3 Å². The Morgan fingerprint density at radius 2 is 1.95 bits per heavy atom. The van der Waals surface area contributed by atoms with Crippen molar-refractivity contribution in [3.8, 4) is 17.4 Å². The lowest BCUT2D eigenvalue weighted by Gasteiger charge is -2.09. The Morgan fingerprint density at radius 1 is 1.14 bits per heavy atom. The Labute approximate surface area is 125 Å². The number of fused-ring (bicyclic) bond motifs is 1. The second-order valence-electron chi connectivity index (χ2n) is 4.41. The van der Waals surface area contributed by atoms with Crippen LogP contribution in [0.4, 0.5) is 0 Å². The molecule has 2 heterocycles. The van der Waals surface area contributed by atoms with Crippen LogP contribution in [0.1, 0.15) is 10.4 Å². The van der Waals surface area contributed by atoms with Crippen LogP contribution in [0.25, 0.3) is 11.0 Å². The summed E-state index contributed by atoms with van der Waals surface area (Å²) in [7, 11) is 2.82. The van der Waals surface area contributed by atoms with E-state index in [0.717, 1.165) is 5.52 Å². The smallest absolute Gasteiger partial charge is 0.338 e. The first-order chi connectivity index (χ1) is 10.7. The molecule has 0 aliphatic heterocycles. The highest BCUT2D eigenvalue weighted by atomic mass is 16.5. The predicted octanol–water partition coefficient (Wildman–Crippen LogP) is 2.55. The molecular weight excluding hydrogens is 286 g/mol. The Morgan fingerprint density at radius 3 is 2.73 bits per heavy atom. The molecule has 0 aliphatic carbocycles. The summed E-state index contributed by atoms with van der Waals surface area (Å²) in [5.74, 6) is 0.777. The molecule has 0 atom stereocenters. The van der Waals surface area contributed by atoms with Crippen LogP contribution in [0.3, 0.4) is 0 Å². The molecule has 0 fully saturated rings. The number of carbonyl (C=O) groups is 1. The van der Waals surface area contributed by atoms with Gasteiger partial charge in [0.2, 0.25) is 5.88 Å². The third-order valence-corrected chi connectivity index (χ3v) is 3.06. The van der Waals surface area contributed by atoms with E-state index in [4.69, 9.17) is 14.2 Å². The van der Waals surface area contributed by atoms with Gasteiger partial charge in [-0.15, -0.1) is 0 Å². The lowest BCUT2D eigenvalue weighted by atomic mass is 10.2. The zero-order chi connectivity index (χ0) is 15.5.